The van der Waals surface area contributed by atoms with E-state index in [0.29, 0.717) is 12.3 Å². The van der Waals surface area contributed by atoms with Crippen molar-refractivity contribution in [3.05, 3.63) is 29.3 Å². The molecule has 0 atom stereocenters. The second kappa shape index (κ2) is 7.70. The summed E-state index contributed by atoms with van der Waals surface area (Å²) in [5, 5.41) is 2.74. The minimum Gasteiger partial charge on any atom is -0.444 e. The summed E-state index contributed by atoms with van der Waals surface area (Å²) in [6, 6.07) is 5.78. The second-order valence-electron chi connectivity index (χ2n) is 5.60. The number of carbonyl (C=O) groups is 1. The van der Waals surface area contributed by atoms with Crippen molar-refractivity contribution in [2.45, 2.75) is 39.7 Å². The normalized spacial score (nSPS) is 10.5. The van der Waals surface area contributed by atoms with Crippen LogP contribution in [0.3, 0.4) is 0 Å². The molecule has 0 radical (unpaired) electrons. The van der Waals surface area contributed by atoms with Crippen LogP contribution in [-0.4, -0.2) is 25.4 Å². The monoisotopic (exact) mass is 289 g/mol. The lowest BCUT2D eigenvalue weighted by molar-refractivity contribution is 0.0636. The van der Waals surface area contributed by atoms with Crippen molar-refractivity contribution in [3.63, 3.8) is 0 Å². The third kappa shape index (κ3) is 6.33. The molecule has 114 valence electrons. The van der Waals surface area contributed by atoms with Crippen LogP contribution in [0.4, 0.5) is 10.5 Å². The average molecular weight is 289 g/mol. The van der Waals surface area contributed by atoms with Crippen LogP contribution in [0.1, 0.15) is 38.8 Å². The van der Waals surface area contributed by atoms with Gasteiger partial charge in [-0.3, -0.25) is 5.32 Å². The van der Waals surface area contributed by atoms with Gasteiger partial charge in [-0.25, -0.2) is 4.79 Å². The van der Waals surface area contributed by atoms with Crippen molar-refractivity contribution in [3.8, 4) is 11.8 Å². The fourth-order valence-corrected chi connectivity index (χ4v) is 1.64. The number of rotatable bonds is 3. The topological polar surface area (TPSA) is 47.6 Å². The smallest absolute Gasteiger partial charge is 0.412 e. The third-order valence-corrected chi connectivity index (χ3v) is 2.57. The number of hydrogen-bond acceptors (Lipinski definition) is 3. The van der Waals surface area contributed by atoms with Gasteiger partial charge in [0.15, 0.2) is 0 Å². The van der Waals surface area contributed by atoms with E-state index in [-0.39, 0.29) is 0 Å². The zero-order valence-electron chi connectivity index (χ0n) is 13.4. The summed E-state index contributed by atoms with van der Waals surface area (Å²) in [5.41, 5.74) is 2.03. The maximum absolute atomic E-state index is 11.9. The highest BCUT2D eigenvalue weighted by molar-refractivity contribution is 5.87. The Balaban J connectivity index is 2.95. The number of anilines is 1. The van der Waals surface area contributed by atoms with Crippen LogP contribution in [0.25, 0.3) is 0 Å². The molecule has 0 aliphatic carbocycles. The first-order valence-electron chi connectivity index (χ1n) is 6.96. The fraction of sp³-hybridized carbons (Fsp3) is 0.471. The van der Waals surface area contributed by atoms with Crippen molar-refractivity contribution >= 4 is 11.8 Å². The number of methoxy groups -OCH3 is 1. The van der Waals surface area contributed by atoms with Crippen molar-refractivity contribution in [2.24, 2.45) is 0 Å². The lowest BCUT2D eigenvalue weighted by Gasteiger charge is -2.20. The van der Waals surface area contributed by atoms with Gasteiger partial charge in [0.05, 0.1) is 5.69 Å². The number of ether oxygens (including phenoxy) is 2. The summed E-state index contributed by atoms with van der Waals surface area (Å²) in [6.07, 6.45) is 0.424. The molecule has 1 aromatic carbocycles. The first-order valence-corrected chi connectivity index (χ1v) is 6.96. The average Bonchev–Trinajstić information content (AvgIpc) is 2.38. The maximum atomic E-state index is 11.9. The Morgan fingerprint density at radius 2 is 2.05 bits per heavy atom. The molecule has 0 saturated heterocycles. The van der Waals surface area contributed by atoms with Crippen LogP contribution in [0.15, 0.2) is 18.2 Å². The number of aryl methyl sites for hydroxylation is 1. The van der Waals surface area contributed by atoms with Gasteiger partial charge in [-0.1, -0.05) is 24.8 Å². The van der Waals surface area contributed by atoms with Crippen molar-refractivity contribution in [1.82, 2.24) is 0 Å². The van der Waals surface area contributed by atoms with E-state index in [2.05, 4.69) is 24.1 Å². The van der Waals surface area contributed by atoms with Crippen LogP contribution in [0.2, 0.25) is 0 Å². The Hall–Kier alpha value is -1.99. The molecule has 0 bridgehead atoms. The highest BCUT2D eigenvalue weighted by Crippen LogP contribution is 2.18. The molecule has 0 aliphatic heterocycles. The Morgan fingerprint density at radius 3 is 2.62 bits per heavy atom. The molecule has 1 amide bonds. The first-order chi connectivity index (χ1) is 9.85. The molecule has 0 heterocycles. The van der Waals surface area contributed by atoms with Gasteiger partial charge >= 0.3 is 6.09 Å². The quantitative estimate of drug-likeness (QED) is 0.865. The van der Waals surface area contributed by atoms with Gasteiger partial charge in [0.2, 0.25) is 0 Å². The van der Waals surface area contributed by atoms with Crippen LogP contribution in [0, 0.1) is 11.8 Å². The standard InChI is InChI=1S/C17H23NO3/c1-6-13-9-10-15(14(12-13)8-7-11-20-5)18-16(19)21-17(2,3)4/h9-10,12H,6,11H2,1-5H3,(H,18,19). The fourth-order valence-electron chi connectivity index (χ4n) is 1.64. The van der Waals surface area contributed by atoms with Crippen molar-refractivity contribution in [2.75, 3.05) is 19.0 Å². The Labute approximate surface area is 126 Å². The molecular formula is C17H23NO3. The van der Waals surface area contributed by atoms with Gasteiger partial charge in [-0.15, -0.1) is 0 Å². The summed E-state index contributed by atoms with van der Waals surface area (Å²) in [4.78, 5) is 11.9. The number of nitrogens with one attached hydrogen (secondary N) is 1. The van der Waals surface area contributed by atoms with E-state index in [9.17, 15) is 4.79 Å². The highest BCUT2D eigenvalue weighted by atomic mass is 16.6. The van der Waals surface area contributed by atoms with Crippen LogP contribution < -0.4 is 5.32 Å². The van der Waals surface area contributed by atoms with E-state index >= 15 is 0 Å². The van der Waals surface area contributed by atoms with Crippen LogP contribution >= 0.6 is 0 Å². The molecule has 21 heavy (non-hydrogen) atoms. The molecule has 0 unspecified atom stereocenters. The van der Waals surface area contributed by atoms with Gasteiger partial charge in [-0.2, -0.15) is 0 Å². The van der Waals surface area contributed by atoms with Gasteiger partial charge in [0.25, 0.3) is 0 Å². The number of hydrogen-bond donors (Lipinski definition) is 1. The lowest BCUT2D eigenvalue weighted by atomic mass is 10.1. The van der Waals surface area contributed by atoms with Crippen LogP contribution in [-0.2, 0) is 15.9 Å². The highest BCUT2D eigenvalue weighted by Gasteiger charge is 2.17. The van der Waals surface area contributed by atoms with E-state index in [4.69, 9.17) is 9.47 Å². The summed E-state index contributed by atoms with van der Waals surface area (Å²) in [7, 11) is 1.59. The Morgan fingerprint density at radius 1 is 1.33 bits per heavy atom. The summed E-state index contributed by atoms with van der Waals surface area (Å²) in [5.74, 6) is 5.91. The number of amides is 1. The zero-order valence-corrected chi connectivity index (χ0v) is 13.4. The summed E-state index contributed by atoms with van der Waals surface area (Å²) in [6.45, 7) is 7.90. The molecule has 1 aromatic rings. The van der Waals surface area contributed by atoms with Gasteiger partial charge in [0, 0.05) is 12.7 Å². The van der Waals surface area contributed by atoms with Crippen LogP contribution in [0.5, 0.6) is 0 Å². The largest absolute Gasteiger partial charge is 0.444 e. The maximum Gasteiger partial charge on any atom is 0.412 e. The zero-order chi connectivity index (χ0) is 15.9. The molecule has 1 rings (SSSR count). The predicted molar refractivity (Wildman–Crippen MR) is 84.4 cm³/mol. The molecule has 4 heteroatoms. The van der Waals surface area contributed by atoms with Crippen molar-refractivity contribution < 1.29 is 14.3 Å². The van der Waals surface area contributed by atoms with Crippen molar-refractivity contribution in [1.29, 1.82) is 0 Å². The molecule has 0 aromatic heterocycles. The molecule has 1 N–H and O–H groups in total. The van der Waals surface area contributed by atoms with E-state index in [1.54, 1.807) is 7.11 Å². The Bertz CT molecular complexity index is 547. The lowest BCUT2D eigenvalue weighted by Crippen LogP contribution is -2.27. The first kappa shape index (κ1) is 17.1. The minimum atomic E-state index is -0.532. The van der Waals surface area contributed by atoms with E-state index in [1.807, 2.05) is 39.0 Å². The van der Waals surface area contributed by atoms with E-state index in [0.717, 1.165) is 17.5 Å². The SMILES string of the molecule is CCc1ccc(NC(=O)OC(C)(C)C)c(C#CCOC)c1. The summed E-state index contributed by atoms with van der Waals surface area (Å²) >= 11 is 0. The molecule has 0 fully saturated rings. The molecule has 0 aliphatic rings. The molecule has 0 saturated carbocycles. The number of carbonyl (C=O) groups excluding carboxylic acids is 1. The summed E-state index contributed by atoms with van der Waals surface area (Å²) < 4.78 is 10.2. The molecule has 4 nitrogen and oxygen atoms in total. The van der Waals surface area contributed by atoms with Gasteiger partial charge in [-0.05, 0) is 44.9 Å². The third-order valence-electron chi connectivity index (χ3n) is 2.57. The second-order valence-corrected chi connectivity index (χ2v) is 5.60. The van der Waals surface area contributed by atoms with E-state index < -0.39 is 11.7 Å². The number of benzene rings is 1. The molecule has 0 spiro atoms. The van der Waals surface area contributed by atoms with E-state index in [1.165, 1.54) is 0 Å². The van der Waals surface area contributed by atoms with Gasteiger partial charge in [0.1, 0.15) is 12.2 Å². The Kier molecular flexibility index (Phi) is 6.26. The molecular weight excluding hydrogens is 266 g/mol. The predicted octanol–water partition coefficient (Wildman–Crippen LogP) is 3.59. The minimum absolute atomic E-state index is 0.349. The van der Waals surface area contributed by atoms with Gasteiger partial charge < -0.3 is 9.47 Å².